The quantitative estimate of drug-likeness (QED) is 0.726. The molecule has 0 aliphatic rings. The van der Waals surface area contributed by atoms with Crippen LogP contribution in [-0.4, -0.2) is 11.7 Å². The average Bonchev–Trinajstić information content (AvgIpc) is 2.36. The minimum absolute atomic E-state index is 0.479. The summed E-state index contributed by atoms with van der Waals surface area (Å²) in [6, 6.07) is 7.66. The minimum atomic E-state index is -0.479. The maximum Gasteiger partial charge on any atom is 0.119 e. The highest BCUT2D eigenvalue weighted by molar-refractivity contribution is 5.30. The van der Waals surface area contributed by atoms with Gasteiger partial charge in [0.15, 0.2) is 0 Å². The lowest BCUT2D eigenvalue weighted by atomic mass is 10.0. The Morgan fingerprint density at radius 3 is 2.82 bits per heavy atom. The first-order valence-electron chi connectivity index (χ1n) is 6.24. The molecule has 2 heteroatoms. The molecule has 0 amide bonds. The summed E-state index contributed by atoms with van der Waals surface area (Å²) in [5.74, 6) is 0.825. The fraction of sp³-hybridized carbons (Fsp3) is 0.467. The lowest BCUT2D eigenvalue weighted by molar-refractivity contribution is 0.177. The minimum Gasteiger partial charge on any atom is -0.494 e. The second kappa shape index (κ2) is 7.13. The van der Waals surface area contributed by atoms with Crippen LogP contribution in [0.1, 0.15) is 44.8 Å². The van der Waals surface area contributed by atoms with Gasteiger partial charge in [-0.1, -0.05) is 38.1 Å². The molecule has 1 atom stereocenters. The number of ether oxygens (including phenoxy) is 1. The van der Waals surface area contributed by atoms with Gasteiger partial charge in [-0.05, 0) is 37.0 Å². The van der Waals surface area contributed by atoms with Gasteiger partial charge in [-0.25, -0.2) is 0 Å². The molecule has 94 valence electrons. The Labute approximate surface area is 104 Å². The zero-order chi connectivity index (χ0) is 12.7. The third-order valence-electron chi connectivity index (χ3n) is 2.70. The lowest BCUT2D eigenvalue weighted by Gasteiger charge is -2.13. The van der Waals surface area contributed by atoms with Crippen LogP contribution in [0.3, 0.4) is 0 Å². The predicted molar refractivity (Wildman–Crippen MR) is 71.2 cm³/mol. The highest BCUT2D eigenvalue weighted by Crippen LogP contribution is 2.24. The molecule has 0 aliphatic carbocycles. The first kappa shape index (κ1) is 13.8. The Kier molecular flexibility index (Phi) is 5.78. The van der Waals surface area contributed by atoms with Crippen molar-refractivity contribution in [2.24, 2.45) is 0 Å². The Morgan fingerprint density at radius 1 is 1.41 bits per heavy atom. The molecule has 0 saturated heterocycles. The highest BCUT2D eigenvalue weighted by atomic mass is 16.5. The van der Waals surface area contributed by atoms with Crippen molar-refractivity contribution < 1.29 is 9.84 Å². The second-order valence-electron chi connectivity index (χ2n) is 4.24. The monoisotopic (exact) mass is 234 g/mol. The van der Waals surface area contributed by atoms with E-state index in [4.69, 9.17) is 4.74 Å². The van der Waals surface area contributed by atoms with Crippen molar-refractivity contribution in [1.82, 2.24) is 0 Å². The van der Waals surface area contributed by atoms with E-state index >= 15 is 0 Å². The van der Waals surface area contributed by atoms with Crippen molar-refractivity contribution in [3.05, 3.63) is 42.0 Å². The number of benzene rings is 1. The van der Waals surface area contributed by atoms with Crippen LogP contribution < -0.4 is 4.74 Å². The molecule has 0 bridgehead atoms. The van der Waals surface area contributed by atoms with Crippen molar-refractivity contribution in [2.75, 3.05) is 6.61 Å². The van der Waals surface area contributed by atoms with E-state index in [1.165, 1.54) is 0 Å². The van der Waals surface area contributed by atoms with Gasteiger partial charge in [-0.3, -0.25) is 0 Å². The van der Waals surface area contributed by atoms with Gasteiger partial charge in [-0.2, -0.15) is 0 Å². The van der Waals surface area contributed by atoms with E-state index in [2.05, 4.69) is 20.4 Å². The van der Waals surface area contributed by atoms with E-state index in [9.17, 15) is 5.11 Å². The van der Waals surface area contributed by atoms with Gasteiger partial charge < -0.3 is 9.84 Å². The van der Waals surface area contributed by atoms with Crippen LogP contribution in [0.2, 0.25) is 0 Å². The number of aliphatic hydroxyl groups excluding tert-OH is 1. The van der Waals surface area contributed by atoms with E-state index in [0.717, 1.165) is 29.7 Å². The Morgan fingerprint density at radius 2 is 2.18 bits per heavy atom. The van der Waals surface area contributed by atoms with Crippen molar-refractivity contribution in [3.8, 4) is 5.75 Å². The van der Waals surface area contributed by atoms with Crippen LogP contribution in [-0.2, 0) is 0 Å². The molecule has 0 fully saturated rings. The topological polar surface area (TPSA) is 29.5 Å². The molecule has 0 radical (unpaired) electrons. The maximum atomic E-state index is 10.1. The molecule has 1 N–H and O–H groups in total. The summed E-state index contributed by atoms with van der Waals surface area (Å²) in [5.41, 5.74) is 1.96. The number of aliphatic hydroxyl groups is 1. The molecule has 0 spiro atoms. The molecule has 1 aromatic carbocycles. The van der Waals surface area contributed by atoms with Crippen LogP contribution in [0.25, 0.3) is 0 Å². The molecule has 0 saturated carbocycles. The number of hydrogen-bond donors (Lipinski definition) is 1. The normalized spacial score (nSPS) is 12.2. The van der Waals surface area contributed by atoms with Crippen molar-refractivity contribution in [1.29, 1.82) is 0 Å². The van der Waals surface area contributed by atoms with Crippen molar-refractivity contribution in [3.63, 3.8) is 0 Å². The molecule has 2 nitrogen and oxygen atoms in total. The SMILES string of the molecule is C=C(CC)CC(O)c1cccc(OCCC)c1. The Balaban J connectivity index is 2.66. The smallest absolute Gasteiger partial charge is 0.119 e. The third-order valence-corrected chi connectivity index (χ3v) is 2.70. The summed E-state index contributed by atoms with van der Waals surface area (Å²) < 4.78 is 5.54. The molecule has 1 unspecified atom stereocenters. The van der Waals surface area contributed by atoms with Crippen molar-refractivity contribution in [2.45, 2.75) is 39.2 Å². The first-order valence-corrected chi connectivity index (χ1v) is 6.24. The fourth-order valence-corrected chi connectivity index (χ4v) is 1.57. The Hall–Kier alpha value is -1.28. The molecular weight excluding hydrogens is 212 g/mol. The zero-order valence-corrected chi connectivity index (χ0v) is 10.8. The standard InChI is InChI=1S/C15H22O2/c1-4-9-17-14-8-6-7-13(11-14)15(16)10-12(3)5-2/h6-8,11,15-16H,3-5,9-10H2,1-2H3. The molecule has 0 aliphatic heterocycles. The van der Waals surface area contributed by atoms with E-state index < -0.39 is 6.10 Å². The summed E-state index contributed by atoms with van der Waals surface area (Å²) >= 11 is 0. The highest BCUT2D eigenvalue weighted by Gasteiger charge is 2.09. The van der Waals surface area contributed by atoms with Crippen LogP contribution in [0, 0.1) is 0 Å². The van der Waals surface area contributed by atoms with Crippen LogP contribution in [0.5, 0.6) is 5.75 Å². The van der Waals surface area contributed by atoms with Crippen LogP contribution in [0.15, 0.2) is 36.4 Å². The fourth-order valence-electron chi connectivity index (χ4n) is 1.57. The van der Waals surface area contributed by atoms with E-state index in [1.54, 1.807) is 0 Å². The predicted octanol–water partition coefficient (Wildman–Crippen LogP) is 3.87. The molecule has 0 aromatic heterocycles. The van der Waals surface area contributed by atoms with Gasteiger partial charge in [0.2, 0.25) is 0 Å². The Bertz CT molecular complexity index is 358. The lowest BCUT2D eigenvalue weighted by Crippen LogP contribution is -2.00. The van der Waals surface area contributed by atoms with Gasteiger partial charge in [0.25, 0.3) is 0 Å². The van der Waals surface area contributed by atoms with Gasteiger partial charge in [0.05, 0.1) is 12.7 Å². The first-order chi connectivity index (χ1) is 8.17. The van der Waals surface area contributed by atoms with Crippen molar-refractivity contribution >= 4 is 0 Å². The van der Waals surface area contributed by atoms with Gasteiger partial charge >= 0.3 is 0 Å². The van der Waals surface area contributed by atoms with E-state index in [-0.39, 0.29) is 0 Å². The summed E-state index contributed by atoms with van der Waals surface area (Å²) in [5, 5.41) is 10.1. The number of rotatable bonds is 7. The summed E-state index contributed by atoms with van der Waals surface area (Å²) in [4.78, 5) is 0. The maximum absolute atomic E-state index is 10.1. The molecule has 0 heterocycles. The van der Waals surface area contributed by atoms with Gasteiger partial charge in [0, 0.05) is 0 Å². The third kappa shape index (κ3) is 4.61. The van der Waals surface area contributed by atoms with Gasteiger partial charge in [-0.15, -0.1) is 0 Å². The zero-order valence-electron chi connectivity index (χ0n) is 10.8. The summed E-state index contributed by atoms with van der Waals surface area (Å²) in [6.07, 6.45) is 2.03. The second-order valence-corrected chi connectivity index (χ2v) is 4.24. The molecule has 17 heavy (non-hydrogen) atoms. The largest absolute Gasteiger partial charge is 0.494 e. The number of hydrogen-bond acceptors (Lipinski definition) is 2. The molecular formula is C15H22O2. The van der Waals surface area contributed by atoms with E-state index in [1.807, 2.05) is 24.3 Å². The molecule has 1 rings (SSSR count). The summed E-state index contributed by atoms with van der Waals surface area (Å²) in [6.45, 7) is 8.75. The van der Waals surface area contributed by atoms with Crippen LogP contribution >= 0.6 is 0 Å². The van der Waals surface area contributed by atoms with Crippen LogP contribution in [0.4, 0.5) is 0 Å². The summed E-state index contributed by atoms with van der Waals surface area (Å²) in [7, 11) is 0. The molecule has 1 aromatic rings. The average molecular weight is 234 g/mol. The van der Waals surface area contributed by atoms with Gasteiger partial charge in [0.1, 0.15) is 5.75 Å². The van der Waals surface area contributed by atoms with E-state index in [0.29, 0.717) is 13.0 Å².